The van der Waals surface area contributed by atoms with Crippen LogP contribution in [0.2, 0.25) is 0 Å². The predicted octanol–water partition coefficient (Wildman–Crippen LogP) is 2.55. The van der Waals surface area contributed by atoms with Crippen LogP contribution < -0.4 is 5.32 Å². The van der Waals surface area contributed by atoms with Gasteiger partial charge in [0.1, 0.15) is 5.69 Å². The molecule has 1 aromatic rings. The Bertz CT molecular complexity index is 437. The Morgan fingerprint density at radius 3 is 2.79 bits per heavy atom. The van der Waals surface area contributed by atoms with Crippen molar-refractivity contribution < 1.29 is 23.1 Å². The fourth-order valence-corrected chi connectivity index (χ4v) is 1.44. The molecule has 106 valence electrons. The number of rotatable bonds is 6. The van der Waals surface area contributed by atoms with Crippen molar-refractivity contribution >= 4 is 11.9 Å². The lowest BCUT2D eigenvalue weighted by molar-refractivity contribution is -0.141. The zero-order chi connectivity index (χ0) is 14.5. The van der Waals surface area contributed by atoms with Gasteiger partial charge in [0.05, 0.1) is 0 Å². The van der Waals surface area contributed by atoms with Crippen molar-refractivity contribution in [3.8, 4) is 0 Å². The normalized spacial score (nSPS) is 13.1. The lowest BCUT2D eigenvalue weighted by atomic mass is 10.1. The molecule has 5 nitrogen and oxygen atoms in total. The van der Waals surface area contributed by atoms with Gasteiger partial charge >= 0.3 is 12.1 Å². The van der Waals surface area contributed by atoms with Crippen molar-refractivity contribution in [3.63, 3.8) is 0 Å². The highest BCUT2D eigenvalue weighted by Gasteiger charge is 2.32. The quantitative estimate of drug-likeness (QED) is 0.835. The highest BCUT2D eigenvalue weighted by atomic mass is 19.4. The maximum absolute atomic E-state index is 12.4. The number of aromatic nitrogens is 2. The fourth-order valence-electron chi connectivity index (χ4n) is 1.44. The van der Waals surface area contributed by atoms with Crippen molar-refractivity contribution in [2.75, 3.05) is 5.32 Å². The summed E-state index contributed by atoms with van der Waals surface area (Å²) in [6.45, 7) is 1.73. The average Bonchev–Trinajstić information content (AvgIpc) is 2.27. The lowest BCUT2D eigenvalue weighted by Gasteiger charge is -2.14. The van der Waals surface area contributed by atoms with Crippen molar-refractivity contribution in [2.24, 2.45) is 0 Å². The number of anilines is 1. The van der Waals surface area contributed by atoms with Crippen LogP contribution in [0.1, 0.15) is 31.9 Å². The molecule has 19 heavy (non-hydrogen) atoms. The fraction of sp³-hybridized carbons (Fsp3) is 0.545. The number of aliphatic carboxylic acids is 1. The van der Waals surface area contributed by atoms with Gasteiger partial charge in [0.2, 0.25) is 5.95 Å². The number of hydrogen-bond acceptors (Lipinski definition) is 4. The number of halogens is 3. The van der Waals surface area contributed by atoms with Gasteiger partial charge in [-0.3, -0.25) is 4.79 Å². The van der Waals surface area contributed by atoms with Gasteiger partial charge in [-0.25, -0.2) is 9.97 Å². The summed E-state index contributed by atoms with van der Waals surface area (Å²) in [6.07, 6.45) is -2.52. The Morgan fingerprint density at radius 2 is 2.21 bits per heavy atom. The molecule has 1 rings (SSSR count). The molecule has 0 radical (unpaired) electrons. The number of carbonyl (C=O) groups is 1. The second-order valence-electron chi connectivity index (χ2n) is 4.09. The van der Waals surface area contributed by atoms with Gasteiger partial charge in [0, 0.05) is 18.7 Å². The van der Waals surface area contributed by atoms with Crippen LogP contribution in [0.3, 0.4) is 0 Å². The third-order valence-corrected chi connectivity index (χ3v) is 2.35. The van der Waals surface area contributed by atoms with Gasteiger partial charge in [-0.2, -0.15) is 13.2 Å². The molecule has 0 saturated carbocycles. The molecular weight excluding hydrogens is 263 g/mol. The van der Waals surface area contributed by atoms with Crippen LogP contribution in [-0.4, -0.2) is 27.1 Å². The molecule has 0 amide bonds. The maximum Gasteiger partial charge on any atom is 0.433 e. The lowest BCUT2D eigenvalue weighted by Crippen LogP contribution is -2.19. The minimum atomic E-state index is -4.51. The van der Waals surface area contributed by atoms with Crippen LogP contribution >= 0.6 is 0 Å². The minimum Gasteiger partial charge on any atom is -0.481 e. The average molecular weight is 277 g/mol. The minimum absolute atomic E-state index is 0.0233. The molecule has 0 spiro atoms. The molecule has 0 aliphatic heterocycles. The summed E-state index contributed by atoms with van der Waals surface area (Å²) >= 11 is 0. The highest BCUT2D eigenvalue weighted by Crippen LogP contribution is 2.27. The van der Waals surface area contributed by atoms with Crippen LogP contribution in [0.4, 0.5) is 19.1 Å². The van der Waals surface area contributed by atoms with Crippen molar-refractivity contribution in [2.45, 2.75) is 38.4 Å². The molecule has 0 fully saturated rings. The Labute approximate surface area is 107 Å². The molecule has 1 aromatic heterocycles. The zero-order valence-electron chi connectivity index (χ0n) is 10.2. The number of carboxylic acid groups (broad SMARTS) is 1. The van der Waals surface area contributed by atoms with Crippen molar-refractivity contribution in [1.29, 1.82) is 0 Å². The van der Waals surface area contributed by atoms with E-state index in [-0.39, 0.29) is 18.4 Å². The second-order valence-corrected chi connectivity index (χ2v) is 4.09. The first-order valence-electron chi connectivity index (χ1n) is 5.67. The summed E-state index contributed by atoms with van der Waals surface area (Å²) < 4.78 is 37.2. The molecule has 1 atom stereocenters. The van der Waals surface area contributed by atoms with Crippen molar-refractivity contribution in [1.82, 2.24) is 9.97 Å². The van der Waals surface area contributed by atoms with Crippen LogP contribution in [0, 0.1) is 0 Å². The number of alkyl halides is 3. The Balaban J connectivity index is 2.55. The third-order valence-electron chi connectivity index (χ3n) is 2.35. The summed E-state index contributed by atoms with van der Waals surface area (Å²) in [6, 6.07) is 0.586. The molecule has 2 N–H and O–H groups in total. The number of hydrogen-bond donors (Lipinski definition) is 2. The molecule has 8 heteroatoms. The molecule has 0 aliphatic carbocycles. The summed E-state index contributed by atoms with van der Waals surface area (Å²) in [5.74, 6) is -1.01. The Morgan fingerprint density at radius 1 is 1.53 bits per heavy atom. The predicted molar refractivity (Wildman–Crippen MR) is 61.6 cm³/mol. The van der Waals surface area contributed by atoms with Gasteiger partial charge in [-0.15, -0.1) is 0 Å². The first kappa shape index (κ1) is 15.2. The third kappa shape index (κ3) is 5.54. The molecule has 0 aromatic carbocycles. The van der Waals surface area contributed by atoms with Crippen LogP contribution in [-0.2, 0) is 11.0 Å². The summed E-state index contributed by atoms with van der Waals surface area (Å²) in [4.78, 5) is 17.4. The standard InChI is InChI=1S/C11H14F3N3O2/c1-7(3-2-4-9(18)19)16-10-15-6-5-8(17-10)11(12,13)14/h5-7H,2-4H2,1H3,(H,18,19)(H,15,16,17). The first-order valence-corrected chi connectivity index (χ1v) is 5.67. The molecular formula is C11H14F3N3O2. The van der Waals surface area contributed by atoms with E-state index in [1.807, 2.05) is 0 Å². The van der Waals surface area contributed by atoms with E-state index in [1.54, 1.807) is 6.92 Å². The Kier molecular flexibility index (Phi) is 5.08. The molecule has 0 aliphatic rings. The Hall–Kier alpha value is -1.86. The second kappa shape index (κ2) is 6.35. The monoisotopic (exact) mass is 277 g/mol. The molecule has 0 bridgehead atoms. The topological polar surface area (TPSA) is 75.1 Å². The van der Waals surface area contributed by atoms with E-state index in [9.17, 15) is 18.0 Å². The van der Waals surface area contributed by atoms with E-state index < -0.39 is 17.8 Å². The zero-order valence-corrected chi connectivity index (χ0v) is 10.2. The summed E-state index contributed by atoms with van der Waals surface area (Å²) in [5, 5.41) is 11.2. The first-order chi connectivity index (χ1) is 8.79. The molecule has 1 unspecified atom stereocenters. The molecule has 1 heterocycles. The van der Waals surface area contributed by atoms with Gasteiger partial charge < -0.3 is 10.4 Å². The van der Waals surface area contributed by atoms with Crippen LogP contribution in [0.15, 0.2) is 12.3 Å². The number of nitrogens with one attached hydrogen (secondary N) is 1. The van der Waals surface area contributed by atoms with Crippen LogP contribution in [0.5, 0.6) is 0 Å². The largest absolute Gasteiger partial charge is 0.481 e. The highest BCUT2D eigenvalue weighted by molar-refractivity contribution is 5.66. The maximum atomic E-state index is 12.4. The van der Waals surface area contributed by atoms with E-state index in [4.69, 9.17) is 5.11 Å². The van der Waals surface area contributed by atoms with E-state index in [0.29, 0.717) is 12.8 Å². The van der Waals surface area contributed by atoms with Crippen LogP contribution in [0.25, 0.3) is 0 Å². The molecule has 0 saturated heterocycles. The van der Waals surface area contributed by atoms with E-state index >= 15 is 0 Å². The smallest absolute Gasteiger partial charge is 0.433 e. The van der Waals surface area contributed by atoms with Gasteiger partial charge in [0.15, 0.2) is 0 Å². The van der Waals surface area contributed by atoms with Crippen molar-refractivity contribution in [3.05, 3.63) is 18.0 Å². The summed E-state index contributed by atoms with van der Waals surface area (Å²) in [5.41, 5.74) is -1.01. The van der Waals surface area contributed by atoms with Gasteiger partial charge in [0.25, 0.3) is 0 Å². The number of carboxylic acids is 1. The summed E-state index contributed by atoms with van der Waals surface area (Å²) in [7, 11) is 0. The van der Waals surface area contributed by atoms with E-state index in [0.717, 1.165) is 12.3 Å². The van der Waals surface area contributed by atoms with Gasteiger partial charge in [-0.05, 0) is 25.8 Å². The van der Waals surface area contributed by atoms with E-state index in [2.05, 4.69) is 15.3 Å². The van der Waals surface area contributed by atoms with Gasteiger partial charge in [-0.1, -0.05) is 0 Å². The SMILES string of the molecule is CC(CCCC(=O)O)Nc1nccc(C(F)(F)F)n1. The number of nitrogens with zero attached hydrogens (tertiary/aromatic N) is 2. The van der Waals surface area contributed by atoms with E-state index in [1.165, 1.54) is 0 Å².